The zero-order valence-corrected chi connectivity index (χ0v) is 13.2. The van der Waals surface area contributed by atoms with Gasteiger partial charge in [0, 0.05) is 23.3 Å². The Labute approximate surface area is 125 Å². The first-order chi connectivity index (χ1) is 9.74. The summed E-state index contributed by atoms with van der Waals surface area (Å²) in [6, 6.07) is 10.1. The Balaban J connectivity index is 1.55. The van der Waals surface area contributed by atoms with Gasteiger partial charge >= 0.3 is 0 Å². The lowest BCUT2D eigenvalue weighted by Crippen LogP contribution is -2.44. The maximum absolute atomic E-state index is 3.76. The third kappa shape index (κ3) is 3.05. The van der Waals surface area contributed by atoms with Crippen molar-refractivity contribution in [2.75, 3.05) is 13.1 Å². The fourth-order valence-corrected chi connectivity index (χ4v) is 4.01. The molecule has 0 radical (unpaired) electrons. The zero-order valence-electron chi connectivity index (χ0n) is 12.4. The highest BCUT2D eigenvalue weighted by atomic mass is 32.1. The van der Waals surface area contributed by atoms with E-state index in [1.807, 2.05) is 11.3 Å². The fourth-order valence-electron chi connectivity index (χ4n) is 3.04. The van der Waals surface area contributed by atoms with E-state index in [9.17, 15) is 0 Å². The van der Waals surface area contributed by atoms with Crippen LogP contribution >= 0.6 is 11.3 Å². The summed E-state index contributed by atoms with van der Waals surface area (Å²) in [5.74, 6) is 0. The smallest absolute Gasteiger partial charge is 0.0346 e. The van der Waals surface area contributed by atoms with Gasteiger partial charge in [0.15, 0.2) is 0 Å². The average Bonchev–Trinajstić information content (AvgIpc) is 2.89. The van der Waals surface area contributed by atoms with Crippen LogP contribution in [0, 0.1) is 0 Å². The van der Waals surface area contributed by atoms with Crippen LogP contribution in [0.3, 0.4) is 0 Å². The maximum atomic E-state index is 3.76. The van der Waals surface area contributed by atoms with Crippen LogP contribution in [0.5, 0.6) is 0 Å². The van der Waals surface area contributed by atoms with Crippen molar-refractivity contribution in [2.24, 2.45) is 0 Å². The molecule has 0 atom stereocenters. The first kappa shape index (κ1) is 14.1. The normalized spacial score (nSPS) is 18.1. The van der Waals surface area contributed by atoms with Crippen LogP contribution in [-0.4, -0.2) is 30.1 Å². The number of nitrogens with one attached hydrogen (secondary N) is 1. The van der Waals surface area contributed by atoms with Crippen LogP contribution in [0.2, 0.25) is 0 Å². The SMILES string of the molecule is CC(C)N1CCC(NCc2csc3ccccc23)CC1. The molecule has 1 aliphatic rings. The topological polar surface area (TPSA) is 15.3 Å². The van der Waals surface area contributed by atoms with Crippen LogP contribution in [0.4, 0.5) is 0 Å². The summed E-state index contributed by atoms with van der Waals surface area (Å²) in [6.45, 7) is 8.08. The Morgan fingerprint density at radius 2 is 2.00 bits per heavy atom. The summed E-state index contributed by atoms with van der Waals surface area (Å²) in [7, 11) is 0. The molecule has 3 rings (SSSR count). The van der Waals surface area contributed by atoms with Crippen LogP contribution in [0.25, 0.3) is 10.1 Å². The standard InChI is InChI=1S/C17H24N2S/c1-13(2)19-9-7-15(8-10-19)18-11-14-12-20-17-6-4-3-5-16(14)17/h3-6,12-13,15,18H,7-11H2,1-2H3. The molecule has 2 heterocycles. The van der Waals surface area contributed by atoms with Gasteiger partial charge in [-0.25, -0.2) is 0 Å². The molecular formula is C17H24N2S. The molecule has 2 aromatic rings. The quantitative estimate of drug-likeness (QED) is 0.919. The third-order valence-corrected chi connectivity index (χ3v) is 5.41. The molecule has 1 aromatic heterocycles. The molecule has 0 bridgehead atoms. The molecule has 0 unspecified atom stereocenters. The van der Waals surface area contributed by atoms with Crippen LogP contribution in [0.15, 0.2) is 29.6 Å². The van der Waals surface area contributed by atoms with E-state index in [0.29, 0.717) is 12.1 Å². The number of rotatable bonds is 4. The highest BCUT2D eigenvalue weighted by Crippen LogP contribution is 2.25. The average molecular weight is 288 g/mol. The Hall–Kier alpha value is -0.900. The minimum absolute atomic E-state index is 0.684. The molecule has 108 valence electrons. The number of piperidine rings is 1. The van der Waals surface area contributed by atoms with E-state index in [1.54, 1.807) is 0 Å². The molecule has 3 heteroatoms. The first-order valence-electron chi connectivity index (χ1n) is 7.66. The summed E-state index contributed by atoms with van der Waals surface area (Å²) in [5, 5.41) is 7.48. The number of thiophene rings is 1. The first-order valence-corrected chi connectivity index (χ1v) is 8.54. The Bertz CT molecular complexity index is 553. The van der Waals surface area contributed by atoms with Gasteiger partial charge in [-0.05, 0) is 62.2 Å². The van der Waals surface area contributed by atoms with Gasteiger partial charge in [0.25, 0.3) is 0 Å². The molecule has 0 spiro atoms. The molecule has 0 saturated carbocycles. The zero-order chi connectivity index (χ0) is 13.9. The van der Waals surface area contributed by atoms with Gasteiger partial charge in [-0.1, -0.05) is 18.2 Å². The highest BCUT2D eigenvalue weighted by molar-refractivity contribution is 7.17. The van der Waals surface area contributed by atoms with Crippen LogP contribution in [0.1, 0.15) is 32.3 Å². The second-order valence-corrected chi connectivity index (χ2v) is 6.95. The molecule has 1 saturated heterocycles. The van der Waals surface area contributed by atoms with E-state index < -0.39 is 0 Å². The molecule has 1 fully saturated rings. The number of nitrogens with zero attached hydrogens (tertiary/aromatic N) is 1. The van der Waals surface area contributed by atoms with E-state index in [-0.39, 0.29) is 0 Å². The van der Waals surface area contributed by atoms with Gasteiger partial charge in [-0.15, -0.1) is 11.3 Å². The third-order valence-electron chi connectivity index (χ3n) is 4.40. The van der Waals surface area contributed by atoms with Crippen molar-refractivity contribution in [2.45, 2.75) is 45.3 Å². The second-order valence-electron chi connectivity index (χ2n) is 6.04. The van der Waals surface area contributed by atoms with E-state index in [2.05, 4.69) is 53.7 Å². The van der Waals surface area contributed by atoms with Crippen molar-refractivity contribution in [1.82, 2.24) is 10.2 Å². The lowest BCUT2D eigenvalue weighted by atomic mass is 10.0. The largest absolute Gasteiger partial charge is 0.310 e. The van der Waals surface area contributed by atoms with Crippen molar-refractivity contribution >= 4 is 21.4 Å². The minimum atomic E-state index is 0.684. The summed E-state index contributed by atoms with van der Waals surface area (Å²) in [6.07, 6.45) is 2.56. The number of benzene rings is 1. The van der Waals surface area contributed by atoms with Gasteiger partial charge in [0.1, 0.15) is 0 Å². The molecule has 0 aliphatic carbocycles. The summed E-state index contributed by atoms with van der Waals surface area (Å²) in [5.41, 5.74) is 1.46. The predicted molar refractivity (Wildman–Crippen MR) is 88.4 cm³/mol. The van der Waals surface area contributed by atoms with Crippen molar-refractivity contribution in [3.8, 4) is 0 Å². The van der Waals surface area contributed by atoms with Crippen molar-refractivity contribution in [3.05, 3.63) is 35.2 Å². The van der Waals surface area contributed by atoms with E-state index in [1.165, 1.54) is 41.6 Å². The lowest BCUT2D eigenvalue weighted by Gasteiger charge is -2.35. The fraction of sp³-hybridized carbons (Fsp3) is 0.529. The second kappa shape index (κ2) is 6.25. The van der Waals surface area contributed by atoms with E-state index in [4.69, 9.17) is 0 Å². The molecule has 1 N–H and O–H groups in total. The summed E-state index contributed by atoms with van der Waals surface area (Å²) >= 11 is 1.86. The van der Waals surface area contributed by atoms with E-state index in [0.717, 1.165) is 6.54 Å². The monoisotopic (exact) mass is 288 g/mol. The molecule has 1 aromatic carbocycles. The Morgan fingerprint density at radius 3 is 2.75 bits per heavy atom. The Morgan fingerprint density at radius 1 is 1.25 bits per heavy atom. The van der Waals surface area contributed by atoms with Crippen molar-refractivity contribution < 1.29 is 0 Å². The van der Waals surface area contributed by atoms with Crippen molar-refractivity contribution in [3.63, 3.8) is 0 Å². The number of hydrogen-bond acceptors (Lipinski definition) is 3. The van der Waals surface area contributed by atoms with Gasteiger partial charge in [0.2, 0.25) is 0 Å². The number of hydrogen-bond donors (Lipinski definition) is 1. The van der Waals surface area contributed by atoms with Gasteiger partial charge in [-0.2, -0.15) is 0 Å². The highest BCUT2D eigenvalue weighted by Gasteiger charge is 2.20. The van der Waals surface area contributed by atoms with Crippen molar-refractivity contribution in [1.29, 1.82) is 0 Å². The van der Waals surface area contributed by atoms with Gasteiger partial charge in [-0.3, -0.25) is 0 Å². The van der Waals surface area contributed by atoms with Gasteiger partial charge < -0.3 is 10.2 Å². The maximum Gasteiger partial charge on any atom is 0.0346 e. The summed E-state index contributed by atoms with van der Waals surface area (Å²) in [4.78, 5) is 2.58. The van der Waals surface area contributed by atoms with Crippen LogP contribution in [-0.2, 0) is 6.54 Å². The van der Waals surface area contributed by atoms with E-state index >= 15 is 0 Å². The number of fused-ring (bicyclic) bond motifs is 1. The van der Waals surface area contributed by atoms with Gasteiger partial charge in [0.05, 0.1) is 0 Å². The molecule has 1 aliphatic heterocycles. The molecule has 0 amide bonds. The molecular weight excluding hydrogens is 264 g/mol. The summed E-state index contributed by atoms with van der Waals surface area (Å²) < 4.78 is 1.40. The molecule has 2 nitrogen and oxygen atoms in total. The molecule has 20 heavy (non-hydrogen) atoms. The lowest BCUT2D eigenvalue weighted by molar-refractivity contribution is 0.161. The number of likely N-dealkylation sites (tertiary alicyclic amines) is 1. The minimum Gasteiger partial charge on any atom is -0.310 e. The van der Waals surface area contributed by atoms with Crippen LogP contribution < -0.4 is 5.32 Å². The Kier molecular flexibility index (Phi) is 4.39. The predicted octanol–water partition coefficient (Wildman–Crippen LogP) is 3.86.